The zero-order valence-electron chi connectivity index (χ0n) is 12.1. The molecular formula is C14H24N4S. The van der Waals surface area contributed by atoms with E-state index < -0.39 is 0 Å². The van der Waals surface area contributed by atoms with Crippen molar-refractivity contribution in [3.8, 4) is 0 Å². The average molecular weight is 280 g/mol. The van der Waals surface area contributed by atoms with Crippen LogP contribution in [0.3, 0.4) is 0 Å². The van der Waals surface area contributed by atoms with E-state index >= 15 is 0 Å². The Kier molecular flexibility index (Phi) is 3.31. The number of piperazine rings is 1. The number of hydrogen-bond acceptors (Lipinski definition) is 5. The molecule has 1 aromatic heterocycles. The highest BCUT2D eigenvalue weighted by atomic mass is 32.1. The van der Waals surface area contributed by atoms with Gasteiger partial charge in [-0.15, -0.1) is 11.3 Å². The molecule has 1 aliphatic carbocycles. The van der Waals surface area contributed by atoms with Gasteiger partial charge in [-0.3, -0.25) is 4.90 Å². The molecule has 0 atom stereocenters. The van der Waals surface area contributed by atoms with Gasteiger partial charge in [0.25, 0.3) is 0 Å². The number of nitrogens with two attached hydrogens (primary N) is 1. The Morgan fingerprint density at radius 1 is 1.37 bits per heavy atom. The summed E-state index contributed by atoms with van der Waals surface area (Å²) in [6.45, 7) is 8.47. The summed E-state index contributed by atoms with van der Waals surface area (Å²) in [5, 5.41) is 1.18. The molecule has 2 aliphatic rings. The largest absolute Gasteiger partial charge is 0.345 e. The van der Waals surface area contributed by atoms with Crippen LogP contribution in [0, 0.1) is 0 Å². The summed E-state index contributed by atoms with van der Waals surface area (Å²) >= 11 is 1.81. The molecular weight excluding hydrogens is 256 g/mol. The van der Waals surface area contributed by atoms with Crippen molar-refractivity contribution in [2.24, 2.45) is 5.73 Å². The number of likely N-dealkylation sites (N-methyl/N-ethyl adjacent to an activating group) is 1. The third-order valence-electron chi connectivity index (χ3n) is 4.45. The first kappa shape index (κ1) is 13.3. The van der Waals surface area contributed by atoms with Crippen LogP contribution in [-0.2, 0) is 6.54 Å². The first-order chi connectivity index (χ1) is 9.01. The van der Waals surface area contributed by atoms with Crippen molar-refractivity contribution in [1.29, 1.82) is 0 Å². The van der Waals surface area contributed by atoms with Crippen LogP contribution in [0.5, 0.6) is 0 Å². The second-order valence-electron chi connectivity index (χ2n) is 6.44. The molecule has 0 bridgehead atoms. The molecule has 19 heavy (non-hydrogen) atoms. The fraction of sp³-hybridized carbons (Fsp3) is 0.786. The van der Waals surface area contributed by atoms with E-state index in [1.54, 1.807) is 0 Å². The van der Waals surface area contributed by atoms with Gasteiger partial charge >= 0.3 is 0 Å². The van der Waals surface area contributed by atoms with Crippen LogP contribution in [-0.4, -0.2) is 42.1 Å². The lowest BCUT2D eigenvalue weighted by atomic mass is 10.0. The maximum Gasteiger partial charge on any atom is 0.185 e. The van der Waals surface area contributed by atoms with Crippen LogP contribution in [0.4, 0.5) is 5.13 Å². The zero-order valence-corrected chi connectivity index (χ0v) is 13.0. The maximum atomic E-state index is 5.88. The van der Waals surface area contributed by atoms with Crippen molar-refractivity contribution in [1.82, 2.24) is 9.88 Å². The highest BCUT2D eigenvalue weighted by Crippen LogP contribution is 2.44. The fourth-order valence-electron chi connectivity index (χ4n) is 2.71. The predicted octanol–water partition coefficient (Wildman–Crippen LogP) is 2.01. The summed E-state index contributed by atoms with van der Waals surface area (Å²) in [4.78, 5) is 11.1. The Morgan fingerprint density at radius 2 is 2.11 bits per heavy atom. The Labute approximate surface area is 119 Å². The van der Waals surface area contributed by atoms with E-state index in [4.69, 9.17) is 10.7 Å². The van der Waals surface area contributed by atoms with Gasteiger partial charge in [0.15, 0.2) is 5.13 Å². The van der Waals surface area contributed by atoms with Crippen molar-refractivity contribution < 1.29 is 0 Å². The smallest absolute Gasteiger partial charge is 0.185 e. The monoisotopic (exact) mass is 280 g/mol. The molecule has 106 valence electrons. The number of aromatic nitrogens is 1. The van der Waals surface area contributed by atoms with Gasteiger partial charge in [-0.25, -0.2) is 4.98 Å². The van der Waals surface area contributed by atoms with Crippen LogP contribution in [0.25, 0.3) is 0 Å². The summed E-state index contributed by atoms with van der Waals surface area (Å²) in [5.41, 5.74) is 7.38. The van der Waals surface area contributed by atoms with Crippen LogP contribution >= 0.6 is 11.3 Å². The van der Waals surface area contributed by atoms with Gasteiger partial charge < -0.3 is 10.6 Å². The molecule has 2 heterocycles. The van der Waals surface area contributed by atoms with Crippen LogP contribution < -0.4 is 10.6 Å². The van der Waals surface area contributed by atoms with Gasteiger partial charge in [0.05, 0.1) is 5.69 Å². The number of nitrogens with zero attached hydrogens (tertiary/aromatic N) is 3. The Morgan fingerprint density at radius 3 is 2.68 bits per heavy atom. The van der Waals surface area contributed by atoms with Gasteiger partial charge in [-0.05, 0) is 33.7 Å². The van der Waals surface area contributed by atoms with Gasteiger partial charge in [0, 0.05) is 42.5 Å². The Bertz CT molecular complexity index is 464. The molecule has 1 saturated carbocycles. The van der Waals surface area contributed by atoms with Gasteiger partial charge in [-0.2, -0.15) is 0 Å². The molecule has 5 heteroatoms. The summed E-state index contributed by atoms with van der Waals surface area (Å²) < 4.78 is 0. The van der Waals surface area contributed by atoms with E-state index in [1.807, 2.05) is 11.3 Å². The van der Waals surface area contributed by atoms with Gasteiger partial charge in [0.1, 0.15) is 0 Å². The van der Waals surface area contributed by atoms with E-state index in [1.165, 1.54) is 28.5 Å². The molecule has 4 nitrogen and oxygen atoms in total. The lowest BCUT2D eigenvalue weighted by Crippen LogP contribution is -2.57. The third kappa shape index (κ3) is 2.51. The number of thiazole rings is 1. The molecule has 2 fully saturated rings. The molecule has 1 aromatic rings. The second-order valence-corrected chi connectivity index (χ2v) is 7.50. The minimum atomic E-state index is 0.215. The maximum absolute atomic E-state index is 5.88. The quantitative estimate of drug-likeness (QED) is 0.920. The molecule has 0 radical (unpaired) electrons. The second kappa shape index (κ2) is 4.72. The molecule has 0 spiro atoms. The lowest BCUT2D eigenvalue weighted by molar-refractivity contribution is 0.139. The average Bonchev–Trinajstić information content (AvgIpc) is 3.12. The minimum absolute atomic E-state index is 0.215. The Hall–Kier alpha value is -0.650. The third-order valence-corrected chi connectivity index (χ3v) is 5.61. The minimum Gasteiger partial charge on any atom is -0.345 e. The molecule has 1 aliphatic heterocycles. The standard InChI is InChI=1S/C14H24N4S/c1-14(2)9-18(7-6-17(14)3)13-16-12(10-4-5-10)11(8-15)19-13/h10H,4-9,15H2,1-3H3. The summed E-state index contributed by atoms with van der Waals surface area (Å²) in [7, 11) is 2.21. The van der Waals surface area contributed by atoms with Gasteiger partial charge in [0.2, 0.25) is 0 Å². The highest BCUT2D eigenvalue weighted by Gasteiger charge is 2.34. The number of anilines is 1. The van der Waals surface area contributed by atoms with Crippen molar-refractivity contribution in [3.63, 3.8) is 0 Å². The SMILES string of the molecule is CN1CCN(c2nc(C3CC3)c(CN)s2)CC1(C)C. The fourth-order valence-corrected chi connectivity index (χ4v) is 3.76. The first-order valence-electron chi connectivity index (χ1n) is 7.17. The molecule has 3 rings (SSSR count). The van der Waals surface area contributed by atoms with Gasteiger partial charge in [-0.1, -0.05) is 0 Å². The number of rotatable bonds is 3. The van der Waals surface area contributed by atoms with E-state index in [0.29, 0.717) is 12.5 Å². The normalized spacial score (nSPS) is 23.9. The Balaban J connectivity index is 1.82. The van der Waals surface area contributed by atoms with E-state index in [0.717, 1.165) is 19.6 Å². The van der Waals surface area contributed by atoms with Crippen molar-refractivity contribution in [2.75, 3.05) is 31.6 Å². The van der Waals surface area contributed by atoms with E-state index in [9.17, 15) is 0 Å². The van der Waals surface area contributed by atoms with E-state index in [-0.39, 0.29) is 5.54 Å². The lowest BCUT2D eigenvalue weighted by Gasteiger charge is -2.45. The van der Waals surface area contributed by atoms with Crippen LogP contribution in [0.2, 0.25) is 0 Å². The topological polar surface area (TPSA) is 45.4 Å². The number of hydrogen-bond donors (Lipinski definition) is 1. The van der Waals surface area contributed by atoms with Crippen molar-refractivity contribution in [2.45, 2.75) is 44.7 Å². The first-order valence-corrected chi connectivity index (χ1v) is 7.99. The summed E-state index contributed by atoms with van der Waals surface area (Å²) in [5.74, 6) is 0.698. The van der Waals surface area contributed by atoms with Crippen molar-refractivity contribution in [3.05, 3.63) is 10.6 Å². The van der Waals surface area contributed by atoms with Crippen LogP contribution in [0.1, 0.15) is 43.2 Å². The molecule has 1 saturated heterocycles. The summed E-state index contributed by atoms with van der Waals surface area (Å²) in [6.07, 6.45) is 2.59. The van der Waals surface area contributed by atoms with E-state index in [2.05, 4.69) is 30.7 Å². The predicted molar refractivity (Wildman–Crippen MR) is 80.9 cm³/mol. The molecule has 2 N–H and O–H groups in total. The summed E-state index contributed by atoms with van der Waals surface area (Å²) in [6, 6.07) is 0. The van der Waals surface area contributed by atoms with Crippen LogP contribution in [0.15, 0.2) is 0 Å². The molecule has 0 amide bonds. The zero-order chi connectivity index (χ0) is 13.6. The molecule has 0 aromatic carbocycles. The molecule has 0 unspecified atom stereocenters. The van der Waals surface area contributed by atoms with Crippen molar-refractivity contribution >= 4 is 16.5 Å². The highest BCUT2D eigenvalue weighted by molar-refractivity contribution is 7.15.